The number of hydrogen-bond acceptors (Lipinski definition) is 4. The van der Waals surface area contributed by atoms with E-state index in [1.807, 2.05) is 48.7 Å². The number of thiophene rings is 1. The molecule has 0 aliphatic heterocycles. The molecule has 0 fully saturated rings. The van der Waals surface area contributed by atoms with Crippen LogP contribution in [0.15, 0.2) is 46.7 Å². The lowest BCUT2D eigenvalue weighted by Crippen LogP contribution is -2.33. The Bertz CT molecular complexity index is 581. The van der Waals surface area contributed by atoms with Gasteiger partial charge in [-0.15, -0.1) is 23.1 Å². The zero-order valence-corrected chi connectivity index (χ0v) is 14.4. The summed E-state index contributed by atoms with van der Waals surface area (Å²) in [5.41, 5.74) is 0.651. The lowest BCUT2D eigenvalue weighted by Gasteiger charge is -2.17. The zero-order chi connectivity index (χ0) is 15.9. The number of carbonyl (C=O) groups excluding carboxylic acids is 1. The zero-order valence-electron chi connectivity index (χ0n) is 12.8. The van der Waals surface area contributed by atoms with Crippen LogP contribution in [0.4, 0.5) is 0 Å². The average Bonchev–Trinajstić information content (AvgIpc) is 3.02. The van der Waals surface area contributed by atoms with Crippen LogP contribution in [-0.4, -0.2) is 22.8 Å². The van der Waals surface area contributed by atoms with Crippen LogP contribution in [0.1, 0.15) is 41.6 Å². The van der Waals surface area contributed by atoms with Gasteiger partial charge in [0.15, 0.2) is 0 Å². The van der Waals surface area contributed by atoms with Gasteiger partial charge in [-0.25, -0.2) is 0 Å². The number of rotatable bonds is 7. The first kappa shape index (κ1) is 17.1. The average molecular weight is 335 g/mol. The highest BCUT2D eigenvalue weighted by molar-refractivity contribution is 7.99. The van der Waals surface area contributed by atoms with Crippen molar-refractivity contribution in [3.8, 4) is 0 Å². The maximum atomic E-state index is 12.2. The van der Waals surface area contributed by atoms with Crippen LogP contribution >= 0.6 is 23.1 Å². The highest BCUT2D eigenvalue weighted by Crippen LogP contribution is 2.23. The fraction of sp³-hybridized carbons (Fsp3) is 0.353. The van der Waals surface area contributed by atoms with Gasteiger partial charge in [0.1, 0.15) is 0 Å². The third-order valence-corrected chi connectivity index (χ3v) is 5.12. The van der Waals surface area contributed by atoms with Crippen molar-refractivity contribution in [2.24, 2.45) is 0 Å². The Kier molecular flexibility index (Phi) is 6.49. The molecule has 0 spiro atoms. The lowest BCUT2D eigenvalue weighted by molar-refractivity contribution is 0.0918. The number of nitrogens with one attached hydrogen (secondary N) is 1. The Morgan fingerprint density at radius 3 is 2.64 bits per heavy atom. The van der Waals surface area contributed by atoms with E-state index in [4.69, 9.17) is 0 Å². The van der Waals surface area contributed by atoms with E-state index in [2.05, 4.69) is 12.2 Å². The summed E-state index contributed by atoms with van der Waals surface area (Å²) >= 11 is 3.28. The predicted molar refractivity (Wildman–Crippen MR) is 93.7 cm³/mol. The Hall–Kier alpha value is -1.30. The molecule has 1 amide bonds. The molecule has 0 aliphatic rings. The predicted octanol–water partition coefficient (Wildman–Crippen LogP) is 4.10. The molecule has 0 radical (unpaired) electrons. The van der Waals surface area contributed by atoms with Crippen molar-refractivity contribution < 1.29 is 9.90 Å². The number of benzene rings is 1. The molecule has 3 nitrogen and oxygen atoms in total. The molecule has 1 aromatic heterocycles. The molecule has 118 valence electrons. The standard InChI is InChI=1S/C17H21NO2S2/c1-3-21-14-8-6-13(7-9-14)17(20)18-12(2)11-15(19)16-5-4-10-22-16/h4-10,12,15,19H,3,11H2,1-2H3,(H,18,20). The molecular weight excluding hydrogens is 314 g/mol. The van der Waals surface area contributed by atoms with Crippen molar-refractivity contribution >= 4 is 29.0 Å². The Morgan fingerprint density at radius 1 is 1.32 bits per heavy atom. The molecule has 1 aromatic carbocycles. The normalized spacial score (nSPS) is 13.6. The van der Waals surface area contributed by atoms with Crippen LogP contribution in [0.25, 0.3) is 0 Å². The van der Waals surface area contributed by atoms with Crippen molar-refractivity contribution in [2.45, 2.75) is 37.3 Å². The molecule has 0 saturated carbocycles. The quantitative estimate of drug-likeness (QED) is 0.749. The van der Waals surface area contributed by atoms with E-state index in [0.717, 1.165) is 10.6 Å². The molecule has 2 aromatic rings. The van der Waals surface area contributed by atoms with E-state index in [1.165, 1.54) is 16.2 Å². The van der Waals surface area contributed by atoms with Crippen molar-refractivity contribution in [3.05, 3.63) is 52.2 Å². The summed E-state index contributed by atoms with van der Waals surface area (Å²) in [7, 11) is 0. The summed E-state index contributed by atoms with van der Waals surface area (Å²) in [6.07, 6.45) is -0.0191. The molecule has 2 rings (SSSR count). The van der Waals surface area contributed by atoms with E-state index >= 15 is 0 Å². The van der Waals surface area contributed by atoms with Crippen LogP contribution in [0.3, 0.4) is 0 Å². The van der Waals surface area contributed by atoms with Crippen LogP contribution in [-0.2, 0) is 0 Å². The Morgan fingerprint density at radius 2 is 2.05 bits per heavy atom. The number of hydrogen-bond donors (Lipinski definition) is 2. The van der Waals surface area contributed by atoms with E-state index in [1.54, 1.807) is 11.8 Å². The summed E-state index contributed by atoms with van der Waals surface area (Å²) in [6, 6.07) is 11.4. The van der Waals surface area contributed by atoms with Crippen LogP contribution in [0.2, 0.25) is 0 Å². The van der Waals surface area contributed by atoms with Gasteiger partial charge in [-0.3, -0.25) is 4.79 Å². The highest BCUT2D eigenvalue weighted by atomic mass is 32.2. The summed E-state index contributed by atoms with van der Waals surface area (Å²) in [5.74, 6) is 0.919. The summed E-state index contributed by atoms with van der Waals surface area (Å²) in [5, 5.41) is 15.0. The fourth-order valence-corrected chi connectivity index (χ4v) is 3.55. The lowest BCUT2D eigenvalue weighted by atomic mass is 10.1. The first-order chi connectivity index (χ1) is 10.6. The smallest absolute Gasteiger partial charge is 0.251 e. The van der Waals surface area contributed by atoms with Gasteiger partial charge in [0.2, 0.25) is 0 Å². The van der Waals surface area contributed by atoms with Gasteiger partial charge in [-0.05, 0) is 54.8 Å². The van der Waals surface area contributed by atoms with Crippen LogP contribution < -0.4 is 5.32 Å². The third kappa shape index (κ3) is 4.87. The Labute approximate surface area is 139 Å². The second-order valence-corrected chi connectivity index (χ2v) is 7.42. The minimum absolute atomic E-state index is 0.0886. The number of aliphatic hydroxyl groups is 1. The molecule has 0 saturated heterocycles. The number of aliphatic hydroxyl groups excluding tert-OH is 1. The molecular formula is C17H21NO2S2. The van der Waals surface area contributed by atoms with Crippen molar-refractivity contribution in [1.82, 2.24) is 5.32 Å². The van der Waals surface area contributed by atoms with Gasteiger partial charge in [-0.2, -0.15) is 0 Å². The number of thioether (sulfide) groups is 1. The SMILES string of the molecule is CCSc1ccc(C(=O)NC(C)CC(O)c2cccs2)cc1. The van der Waals surface area contributed by atoms with Crippen LogP contribution in [0.5, 0.6) is 0 Å². The minimum Gasteiger partial charge on any atom is -0.387 e. The van der Waals surface area contributed by atoms with E-state index < -0.39 is 6.10 Å². The van der Waals surface area contributed by atoms with E-state index in [9.17, 15) is 9.90 Å². The molecule has 22 heavy (non-hydrogen) atoms. The third-order valence-electron chi connectivity index (χ3n) is 3.25. The fourth-order valence-electron chi connectivity index (χ4n) is 2.17. The molecule has 2 atom stereocenters. The van der Waals surface area contributed by atoms with Crippen LogP contribution in [0, 0.1) is 0 Å². The Balaban J connectivity index is 1.87. The first-order valence-corrected chi connectivity index (χ1v) is 9.22. The molecule has 5 heteroatoms. The summed E-state index contributed by atoms with van der Waals surface area (Å²) < 4.78 is 0. The largest absolute Gasteiger partial charge is 0.387 e. The molecule has 1 heterocycles. The van der Waals surface area contributed by atoms with E-state index in [0.29, 0.717) is 12.0 Å². The van der Waals surface area contributed by atoms with Gasteiger partial charge < -0.3 is 10.4 Å². The molecule has 0 bridgehead atoms. The number of carbonyl (C=O) groups is 1. The second-order valence-electron chi connectivity index (χ2n) is 5.10. The minimum atomic E-state index is -0.529. The highest BCUT2D eigenvalue weighted by Gasteiger charge is 2.16. The molecule has 2 unspecified atom stereocenters. The van der Waals surface area contributed by atoms with Gasteiger partial charge in [0.05, 0.1) is 6.10 Å². The van der Waals surface area contributed by atoms with Gasteiger partial charge in [0, 0.05) is 21.4 Å². The number of amides is 1. The van der Waals surface area contributed by atoms with Gasteiger partial charge >= 0.3 is 0 Å². The van der Waals surface area contributed by atoms with Crippen molar-refractivity contribution in [1.29, 1.82) is 0 Å². The van der Waals surface area contributed by atoms with Crippen molar-refractivity contribution in [2.75, 3.05) is 5.75 Å². The molecule has 0 aliphatic carbocycles. The monoisotopic (exact) mass is 335 g/mol. The maximum Gasteiger partial charge on any atom is 0.251 e. The summed E-state index contributed by atoms with van der Waals surface area (Å²) in [4.78, 5) is 14.3. The topological polar surface area (TPSA) is 49.3 Å². The summed E-state index contributed by atoms with van der Waals surface area (Å²) in [6.45, 7) is 4.02. The first-order valence-electron chi connectivity index (χ1n) is 7.35. The van der Waals surface area contributed by atoms with Gasteiger partial charge in [-0.1, -0.05) is 13.0 Å². The molecule has 2 N–H and O–H groups in total. The maximum absolute atomic E-state index is 12.2. The van der Waals surface area contributed by atoms with Gasteiger partial charge in [0.25, 0.3) is 5.91 Å². The second kappa shape index (κ2) is 8.36. The van der Waals surface area contributed by atoms with E-state index in [-0.39, 0.29) is 11.9 Å². The van der Waals surface area contributed by atoms with Crippen molar-refractivity contribution in [3.63, 3.8) is 0 Å².